The normalized spacial score (nSPS) is 17.3. The number of ether oxygens (including phenoxy) is 1. The number of anilines is 3. The first kappa shape index (κ1) is 24.9. The molecule has 2 aromatic heterocycles. The number of hydrogen-bond donors (Lipinski definition) is 2. The lowest BCUT2D eigenvalue weighted by molar-refractivity contribution is 0.0348. The molecule has 6 rings (SSSR count). The third-order valence-electron chi connectivity index (χ3n) is 6.69. The first-order chi connectivity index (χ1) is 17.7. The number of aliphatic hydroxyl groups excluding tert-OH is 1. The van der Waals surface area contributed by atoms with Gasteiger partial charge in [0, 0.05) is 56.5 Å². The Balaban J connectivity index is 1.49. The summed E-state index contributed by atoms with van der Waals surface area (Å²) in [5.41, 5.74) is 3.81. The Hall–Kier alpha value is -2.82. The van der Waals surface area contributed by atoms with E-state index >= 15 is 0 Å². The topological polar surface area (TPSA) is 99.8 Å². The number of nitrogens with zero attached hydrogens (tertiary/aromatic N) is 5. The molecule has 3 aromatic rings. The van der Waals surface area contributed by atoms with E-state index < -0.39 is 0 Å². The monoisotopic (exact) mass is 510 g/mol. The zero-order chi connectivity index (χ0) is 24.7. The van der Waals surface area contributed by atoms with Gasteiger partial charge in [0.15, 0.2) is 0 Å². The minimum atomic E-state index is 0.132. The van der Waals surface area contributed by atoms with Crippen LogP contribution in [0, 0.1) is 0 Å². The van der Waals surface area contributed by atoms with Crippen LogP contribution in [0.5, 0.6) is 0 Å². The summed E-state index contributed by atoms with van der Waals surface area (Å²) in [7, 11) is 2.07. The molecule has 0 saturated carbocycles. The van der Waals surface area contributed by atoms with Crippen molar-refractivity contribution in [1.29, 1.82) is 0 Å². The molecular weight excluding hydrogens is 476 g/mol. The van der Waals surface area contributed by atoms with Crippen LogP contribution in [0.2, 0.25) is 0 Å². The second-order valence-electron chi connectivity index (χ2n) is 9.26. The number of aliphatic hydroxyl groups is 1. The lowest BCUT2D eigenvalue weighted by atomic mass is 10.0. The van der Waals surface area contributed by atoms with Gasteiger partial charge in [-0.15, -0.1) is 10.2 Å². The number of piperidine rings is 1. The molecule has 1 aromatic carbocycles. The lowest BCUT2D eigenvalue weighted by Gasteiger charge is -2.34. The molecule has 2 N–H and O–H groups in total. The van der Waals surface area contributed by atoms with Crippen molar-refractivity contribution in [1.82, 2.24) is 15.2 Å². The Morgan fingerprint density at radius 2 is 1.92 bits per heavy atom. The molecule has 0 amide bonds. The van der Waals surface area contributed by atoms with Gasteiger partial charge >= 0.3 is 0 Å². The maximum Gasteiger partial charge on any atom is 0.250 e. The van der Waals surface area contributed by atoms with Gasteiger partial charge in [-0.3, -0.25) is 0 Å². The van der Waals surface area contributed by atoms with Gasteiger partial charge < -0.3 is 28.8 Å². The average Bonchev–Trinajstić information content (AvgIpc) is 3.41. The van der Waals surface area contributed by atoms with E-state index in [1.807, 2.05) is 24.3 Å². The van der Waals surface area contributed by atoms with Crippen LogP contribution in [0.15, 0.2) is 40.9 Å². The van der Waals surface area contributed by atoms with Crippen molar-refractivity contribution < 1.29 is 14.3 Å². The summed E-state index contributed by atoms with van der Waals surface area (Å²) >= 11 is 1.49. The van der Waals surface area contributed by atoms with Crippen molar-refractivity contribution >= 4 is 29.1 Å². The zero-order valence-corrected chi connectivity index (χ0v) is 21.5. The van der Waals surface area contributed by atoms with Crippen molar-refractivity contribution in [2.24, 2.45) is 0 Å². The van der Waals surface area contributed by atoms with Crippen LogP contribution in [0.1, 0.15) is 32.1 Å². The molecule has 36 heavy (non-hydrogen) atoms. The van der Waals surface area contributed by atoms with Gasteiger partial charge in [0.1, 0.15) is 5.82 Å². The number of pyridine rings is 1. The van der Waals surface area contributed by atoms with Gasteiger partial charge in [0.05, 0.1) is 24.0 Å². The van der Waals surface area contributed by atoms with Gasteiger partial charge in [-0.25, -0.2) is 4.98 Å². The smallest absolute Gasteiger partial charge is 0.250 e. The fraction of sp³-hybridized carbons (Fsp3) is 0.500. The third-order valence-corrected chi connectivity index (χ3v) is 7.46. The molecule has 1 saturated heterocycles. The Morgan fingerprint density at radius 3 is 2.78 bits per heavy atom. The molecule has 9 nitrogen and oxygen atoms in total. The zero-order valence-electron chi connectivity index (χ0n) is 20.7. The molecular formula is C26H34N6O3S. The first-order valence-corrected chi connectivity index (χ1v) is 13.7. The molecule has 3 aliphatic heterocycles. The minimum Gasteiger partial charge on any atom is -0.416 e. The van der Waals surface area contributed by atoms with Crippen molar-refractivity contribution in [3.05, 3.63) is 36.5 Å². The van der Waals surface area contributed by atoms with Crippen LogP contribution in [-0.2, 0) is 4.74 Å². The number of benzene rings is 1. The van der Waals surface area contributed by atoms with E-state index in [2.05, 4.69) is 42.8 Å². The molecule has 3 aliphatic rings. The van der Waals surface area contributed by atoms with E-state index in [1.165, 1.54) is 11.9 Å². The highest BCUT2D eigenvalue weighted by Gasteiger charge is 2.24. The quantitative estimate of drug-likeness (QED) is 0.387. The lowest BCUT2D eigenvalue weighted by Crippen LogP contribution is -2.37. The first-order valence-electron chi connectivity index (χ1n) is 12.7. The van der Waals surface area contributed by atoms with Crippen molar-refractivity contribution in [2.45, 2.75) is 38.2 Å². The van der Waals surface area contributed by atoms with Gasteiger partial charge in [-0.1, -0.05) is 11.9 Å². The molecule has 10 heteroatoms. The summed E-state index contributed by atoms with van der Waals surface area (Å²) in [5.74, 6) is 2.49. The van der Waals surface area contributed by atoms with Crippen LogP contribution >= 0.6 is 11.9 Å². The number of rotatable bonds is 4. The summed E-state index contributed by atoms with van der Waals surface area (Å²) < 4.78 is 15.8. The van der Waals surface area contributed by atoms with Crippen LogP contribution in [0.3, 0.4) is 0 Å². The highest BCUT2D eigenvalue weighted by atomic mass is 32.2. The van der Waals surface area contributed by atoms with Crippen LogP contribution in [-0.4, -0.2) is 72.0 Å². The predicted octanol–water partition coefficient (Wildman–Crippen LogP) is 4.46. The molecule has 0 aliphatic carbocycles. The summed E-state index contributed by atoms with van der Waals surface area (Å²) in [6.45, 7) is 3.70. The van der Waals surface area contributed by atoms with Crippen molar-refractivity contribution in [3.63, 3.8) is 0 Å². The standard InChI is InChI=1S/C26H34N6O3S/c1-31-11-3-2-4-15-34-21-8-12-32(13-9-21)23-18-20(30-36-16-14-33)5-6-22(23)26-29-28-25(35-26)19-7-10-27-24(31)17-19/h5-7,10,17-18,21,30,33H,2-4,8-9,11-16H2,1H3. The number of hydrogen-bond acceptors (Lipinski definition) is 10. The molecule has 1 fully saturated rings. The third kappa shape index (κ3) is 5.93. The van der Waals surface area contributed by atoms with Crippen molar-refractivity contribution in [2.75, 3.05) is 60.2 Å². The largest absolute Gasteiger partial charge is 0.416 e. The minimum absolute atomic E-state index is 0.132. The Morgan fingerprint density at radius 1 is 1.06 bits per heavy atom. The van der Waals surface area contributed by atoms with E-state index in [1.54, 1.807) is 6.20 Å². The second-order valence-corrected chi connectivity index (χ2v) is 10.2. The second kappa shape index (κ2) is 11.9. The maximum absolute atomic E-state index is 9.13. The van der Waals surface area contributed by atoms with E-state index in [9.17, 15) is 0 Å². The Kier molecular flexibility index (Phi) is 8.25. The number of fused-ring (bicyclic) bond motifs is 8. The fourth-order valence-electron chi connectivity index (χ4n) is 4.68. The highest BCUT2D eigenvalue weighted by molar-refractivity contribution is 8.00. The van der Waals surface area contributed by atoms with Crippen LogP contribution < -0.4 is 14.5 Å². The van der Waals surface area contributed by atoms with Gasteiger partial charge in [0.25, 0.3) is 0 Å². The number of nitrogens with one attached hydrogen (secondary N) is 1. The highest BCUT2D eigenvalue weighted by Crippen LogP contribution is 2.36. The Labute approximate surface area is 216 Å². The van der Waals surface area contributed by atoms with Gasteiger partial charge in [-0.05, 0) is 62.4 Å². The molecule has 0 radical (unpaired) electrons. The summed E-state index contributed by atoms with van der Waals surface area (Å²) in [6.07, 6.45) is 7.38. The summed E-state index contributed by atoms with van der Waals surface area (Å²) in [6, 6.07) is 10.1. The molecule has 0 unspecified atom stereocenters. The van der Waals surface area contributed by atoms with E-state index in [-0.39, 0.29) is 6.61 Å². The summed E-state index contributed by atoms with van der Waals surface area (Å²) in [4.78, 5) is 9.10. The molecule has 6 bridgehead atoms. The van der Waals surface area contributed by atoms with Crippen LogP contribution in [0.4, 0.5) is 17.2 Å². The van der Waals surface area contributed by atoms with E-state index in [0.29, 0.717) is 23.6 Å². The fourth-order valence-corrected chi connectivity index (χ4v) is 5.17. The van der Waals surface area contributed by atoms with Gasteiger partial charge in [-0.2, -0.15) is 0 Å². The van der Waals surface area contributed by atoms with E-state index in [4.69, 9.17) is 14.3 Å². The molecule has 5 heterocycles. The Bertz CT molecular complexity index is 1130. The van der Waals surface area contributed by atoms with Gasteiger partial charge in [0.2, 0.25) is 11.8 Å². The molecule has 0 atom stereocenters. The van der Waals surface area contributed by atoms with Crippen LogP contribution in [0.25, 0.3) is 22.9 Å². The van der Waals surface area contributed by atoms with Crippen molar-refractivity contribution in [3.8, 4) is 22.9 Å². The summed E-state index contributed by atoms with van der Waals surface area (Å²) in [5, 5.41) is 17.9. The van der Waals surface area contributed by atoms with E-state index in [0.717, 1.165) is 86.7 Å². The molecule has 0 spiro atoms. The number of aromatic nitrogens is 3. The maximum atomic E-state index is 9.13. The molecule has 192 valence electrons. The SMILES string of the molecule is CN1CCCCCOC2CCN(CC2)c2cc(NSCCO)ccc2-c2nnc(o2)-c2ccnc1c2. The predicted molar refractivity (Wildman–Crippen MR) is 144 cm³/mol. The average molecular weight is 511 g/mol.